The number of hydrogen-bond donors (Lipinski definition) is 1. The minimum atomic E-state index is 0.0648. The molecule has 0 amide bonds. The van der Waals surface area contributed by atoms with Crippen LogP contribution in [0.4, 0.5) is 0 Å². The molecule has 1 saturated carbocycles. The first kappa shape index (κ1) is 25.1. The number of aliphatic imine (C=N–C) groups is 2. The molecule has 2 aliphatic rings. The van der Waals surface area contributed by atoms with Crippen molar-refractivity contribution >= 4 is 34.0 Å². The quantitative estimate of drug-likeness (QED) is 0.338. The minimum Gasteiger partial charge on any atom is -0.488 e. The summed E-state index contributed by atoms with van der Waals surface area (Å²) < 4.78 is 6.38. The first-order chi connectivity index (χ1) is 17.9. The summed E-state index contributed by atoms with van der Waals surface area (Å²) in [7, 11) is 0. The van der Waals surface area contributed by atoms with Crippen LogP contribution in [-0.4, -0.2) is 23.5 Å². The Kier molecular flexibility index (Phi) is 7.33. The molecule has 190 valence electrons. The highest BCUT2D eigenvalue weighted by Gasteiger charge is 2.25. The van der Waals surface area contributed by atoms with Crippen molar-refractivity contribution in [2.45, 2.75) is 53.1 Å². The molecule has 1 aliphatic heterocycles. The summed E-state index contributed by atoms with van der Waals surface area (Å²) in [6.45, 7) is 7.48. The highest BCUT2D eigenvalue weighted by molar-refractivity contribution is 6.15. The average molecular weight is 493 g/mol. The zero-order valence-corrected chi connectivity index (χ0v) is 22.1. The van der Waals surface area contributed by atoms with Gasteiger partial charge < -0.3 is 10.5 Å². The van der Waals surface area contributed by atoms with Crippen molar-refractivity contribution in [1.29, 1.82) is 0 Å². The van der Waals surface area contributed by atoms with Crippen LogP contribution in [0.2, 0.25) is 0 Å². The molecule has 1 fully saturated rings. The summed E-state index contributed by atoms with van der Waals surface area (Å²) in [4.78, 5) is 13.9. The van der Waals surface area contributed by atoms with Crippen LogP contribution in [0.15, 0.2) is 77.0 Å². The van der Waals surface area contributed by atoms with E-state index in [0.29, 0.717) is 19.1 Å². The van der Waals surface area contributed by atoms with Crippen LogP contribution < -0.4 is 10.5 Å². The molecular weight excluding hydrogens is 456 g/mol. The molecule has 0 radical (unpaired) electrons. The fourth-order valence-electron chi connectivity index (χ4n) is 5.09. The lowest BCUT2D eigenvalue weighted by Gasteiger charge is -2.26. The molecule has 0 atom stereocenters. The lowest BCUT2D eigenvalue weighted by atomic mass is 9.85. The number of fused-ring (bicyclic) bond motifs is 1. The van der Waals surface area contributed by atoms with Crippen molar-refractivity contribution in [3.05, 3.63) is 83.8 Å². The monoisotopic (exact) mass is 492 g/mol. The summed E-state index contributed by atoms with van der Waals surface area (Å²) in [5, 5.41) is 2.25. The van der Waals surface area contributed by atoms with E-state index in [1.165, 1.54) is 31.3 Å². The van der Waals surface area contributed by atoms with Crippen molar-refractivity contribution in [3.63, 3.8) is 0 Å². The molecule has 5 nitrogen and oxygen atoms in total. The fraction of sp³-hybridized carbons (Fsp3) is 0.344. The van der Waals surface area contributed by atoms with Gasteiger partial charge in [-0.25, -0.2) is 0 Å². The van der Waals surface area contributed by atoms with E-state index in [1.807, 2.05) is 18.5 Å². The predicted molar refractivity (Wildman–Crippen MR) is 155 cm³/mol. The molecule has 1 aromatic heterocycles. The molecule has 0 spiro atoms. The third-order valence-electron chi connectivity index (χ3n) is 7.18. The van der Waals surface area contributed by atoms with Crippen LogP contribution in [0.25, 0.3) is 22.0 Å². The summed E-state index contributed by atoms with van der Waals surface area (Å²) in [5.41, 5.74) is 12.3. The second-order valence-corrected chi connectivity index (χ2v) is 10.9. The SMILES string of the molecule is CC(C)(C)C1=NC(c2ccc(OCc3ccnc(C(=C/N=C\CN)C4CCCC4)c3)c3ccccc23)=C1. The van der Waals surface area contributed by atoms with E-state index in [1.54, 1.807) is 6.21 Å². The van der Waals surface area contributed by atoms with E-state index >= 15 is 0 Å². The lowest BCUT2D eigenvalue weighted by Crippen LogP contribution is -2.22. The van der Waals surface area contributed by atoms with Crippen molar-refractivity contribution < 1.29 is 4.74 Å². The van der Waals surface area contributed by atoms with Crippen molar-refractivity contribution in [1.82, 2.24) is 4.98 Å². The van der Waals surface area contributed by atoms with Gasteiger partial charge in [-0.15, -0.1) is 0 Å². The summed E-state index contributed by atoms with van der Waals surface area (Å²) in [6.07, 6.45) is 12.6. The van der Waals surface area contributed by atoms with Crippen LogP contribution in [0.1, 0.15) is 63.3 Å². The Balaban J connectivity index is 1.37. The summed E-state index contributed by atoms with van der Waals surface area (Å²) in [5.74, 6) is 1.37. The second-order valence-electron chi connectivity index (χ2n) is 10.9. The zero-order valence-electron chi connectivity index (χ0n) is 22.1. The van der Waals surface area contributed by atoms with E-state index in [2.05, 4.69) is 74.3 Å². The Labute approximate surface area is 219 Å². The molecular formula is C32H36N4O. The third-order valence-corrected chi connectivity index (χ3v) is 7.18. The highest BCUT2D eigenvalue weighted by Crippen LogP contribution is 2.38. The highest BCUT2D eigenvalue weighted by atomic mass is 16.5. The van der Waals surface area contributed by atoms with Gasteiger partial charge >= 0.3 is 0 Å². The van der Waals surface area contributed by atoms with Gasteiger partial charge in [0.05, 0.1) is 11.4 Å². The van der Waals surface area contributed by atoms with Gasteiger partial charge in [-0.1, -0.05) is 57.9 Å². The molecule has 37 heavy (non-hydrogen) atoms. The maximum atomic E-state index is 6.38. The van der Waals surface area contributed by atoms with Gasteiger partial charge in [0.25, 0.3) is 0 Å². The lowest BCUT2D eigenvalue weighted by molar-refractivity contribution is 0.310. The molecule has 2 aromatic carbocycles. The van der Waals surface area contributed by atoms with E-state index in [-0.39, 0.29) is 5.41 Å². The maximum absolute atomic E-state index is 6.38. The standard InChI is InChI=1S/C32H36N4O/c1-32(2,3)31-19-29(36-31)25-12-13-30(26-11-7-6-10-24(25)26)37-21-22-14-16-35-28(18-22)27(20-34-17-15-33)23-8-4-5-9-23/h6-7,10-14,16-20,23H,4-5,8-9,15,21,33H2,1-3H3/b27-20?,34-17-. The molecule has 0 saturated heterocycles. The van der Waals surface area contributed by atoms with Crippen molar-refractivity contribution in [2.24, 2.45) is 27.1 Å². The summed E-state index contributed by atoms with van der Waals surface area (Å²) in [6, 6.07) is 16.8. The van der Waals surface area contributed by atoms with Gasteiger partial charge in [-0.05, 0) is 65.6 Å². The molecule has 2 heterocycles. The fourth-order valence-corrected chi connectivity index (χ4v) is 5.09. The van der Waals surface area contributed by atoms with Crippen LogP contribution in [0.3, 0.4) is 0 Å². The number of rotatable bonds is 8. The van der Waals surface area contributed by atoms with Gasteiger partial charge in [-0.3, -0.25) is 15.0 Å². The largest absolute Gasteiger partial charge is 0.488 e. The number of allylic oxidation sites excluding steroid dienone is 2. The number of hydrogen-bond acceptors (Lipinski definition) is 5. The van der Waals surface area contributed by atoms with Gasteiger partial charge in [0.1, 0.15) is 12.4 Å². The minimum absolute atomic E-state index is 0.0648. The van der Waals surface area contributed by atoms with Crippen molar-refractivity contribution in [2.75, 3.05) is 6.54 Å². The van der Waals surface area contributed by atoms with Crippen LogP contribution >= 0.6 is 0 Å². The van der Waals surface area contributed by atoms with Crippen LogP contribution in [-0.2, 0) is 6.61 Å². The Morgan fingerprint density at radius 1 is 1.08 bits per heavy atom. The molecule has 0 unspecified atom stereocenters. The van der Waals surface area contributed by atoms with E-state index in [4.69, 9.17) is 20.4 Å². The molecule has 0 bridgehead atoms. The normalized spacial score (nSPS) is 16.7. The molecule has 5 rings (SSSR count). The Hall–Kier alpha value is -3.57. The first-order valence-corrected chi connectivity index (χ1v) is 13.3. The van der Waals surface area contributed by atoms with Crippen LogP contribution in [0, 0.1) is 11.3 Å². The van der Waals surface area contributed by atoms with E-state index in [9.17, 15) is 0 Å². The predicted octanol–water partition coefficient (Wildman–Crippen LogP) is 7.22. The Morgan fingerprint density at radius 3 is 2.57 bits per heavy atom. The topological polar surface area (TPSA) is 72.9 Å². The van der Waals surface area contributed by atoms with Gasteiger partial charge in [-0.2, -0.15) is 0 Å². The Morgan fingerprint density at radius 2 is 1.84 bits per heavy atom. The van der Waals surface area contributed by atoms with Crippen molar-refractivity contribution in [3.8, 4) is 5.75 Å². The van der Waals surface area contributed by atoms with Gasteiger partial charge in [0.15, 0.2) is 0 Å². The number of ether oxygens (including phenoxy) is 1. The average Bonchev–Trinajstić information content (AvgIpc) is 3.39. The van der Waals surface area contributed by atoms with Crippen LogP contribution in [0.5, 0.6) is 5.75 Å². The van der Waals surface area contributed by atoms with Gasteiger partial charge in [0, 0.05) is 47.2 Å². The number of aromatic nitrogens is 1. The Bertz CT molecular complexity index is 1400. The number of benzene rings is 2. The number of nitrogens with zero attached hydrogens (tertiary/aromatic N) is 3. The smallest absolute Gasteiger partial charge is 0.127 e. The van der Waals surface area contributed by atoms with E-state index < -0.39 is 0 Å². The molecule has 3 aromatic rings. The number of nitrogens with two attached hydrogens (primary N) is 1. The molecule has 2 N–H and O–H groups in total. The van der Waals surface area contributed by atoms with Gasteiger partial charge in [0.2, 0.25) is 0 Å². The third kappa shape index (κ3) is 5.57. The zero-order chi connectivity index (χ0) is 25.8. The molecule has 1 aliphatic carbocycles. The molecule has 5 heteroatoms. The first-order valence-electron chi connectivity index (χ1n) is 13.3. The maximum Gasteiger partial charge on any atom is 0.127 e. The second kappa shape index (κ2) is 10.8. The number of pyridine rings is 1. The summed E-state index contributed by atoms with van der Waals surface area (Å²) >= 11 is 0. The van der Waals surface area contributed by atoms with E-state index in [0.717, 1.165) is 44.8 Å².